The lowest BCUT2D eigenvalue weighted by atomic mass is 10.2. The molecule has 0 radical (unpaired) electrons. The van der Waals surface area contributed by atoms with Crippen molar-refractivity contribution in [3.05, 3.63) is 28.5 Å². The Balaban J connectivity index is 2.75. The van der Waals surface area contributed by atoms with Crippen LogP contribution in [0.25, 0.3) is 0 Å². The first-order valence-electron chi connectivity index (χ1n) is 3.53. The molecule has 0 bridgehead atoms. The molecule has 0 fully saturated rings. The Morgan fingerprint density at radius 1 is 1.67 bits per heavy atom. The van der Waals surface area contributed by atoms with Gasteiger partial charge < -0.3 is 5.32 Å². The number of likely N-dealkylation sites (N-methyl/N-ethyl adjacent to an activating group) is 1. The number of aromatic nitrogens is 1. The minimum absolute atomic E-state index is 0.0532. The molecule has 0 aliphatic rings. The summed E-state index contributed by atoms with van der Waals surface area (Å²) in [5.41, 5.74) is 0.632. The van der Waals surface area contributed by atoms with Crippen LogP contribution in [0.4, 0.5) is 0 Å². The van der Waals surface area contributed by atoms with Gasteiger partial charge in [0.1, 0.15) is 4.60 Å². The van der Waals surface area contributed by atoms with Gasteiger partial charge in [0.05, 0.1) is 6.54 Å². The van der Waals surface area contributed by atoms with E-state index in [1.54, 1.807) is 25.4 Å². The molecular formula is C8H9BrN2O. The van der Waals surface area contributed by atoms with E-state index in [1.807, 2.05) is 0 Å². The molecule has 0 aliphatic heterocycles. The summed E-state index contributed by atoms with van der Waals surface area (Å²) in [5, 5.41) is 2.79. The molecule has 1 aromatic rings. The van der Waals surface area contributed by atoms with Gasteiger partial charge in [0.25, 0.3) is 0 Å². The molecule has 1 aromatic heterocycles. The third-order valence-corrected chi connectivity index (χ3v) is 1.86. The third-order valence-electron chi connectivity index (χ3n) is 1.39. The van der Waals surface area contributed by atoms with E-state index in [0.29, 0.717) is 12.1 Å². The number of carbonyl (C=O) groups excluding carboxylic acids is 1. The van der Waals surface area contributed by atoms with E-state index in [2.05, 4.69) is 26.2 Å². The Bertz CT molecular complexity index is 271. The van der Waals surface area contributed by atoms with Crippen LogP contribution in [-0.4, -0.2) is 24.4 Å². The van der Waals surface area contributed by atoms with Gasteiger partial charge in [0, 0.05) is 11.8 Å². The van der Waals surface area contributed by atoms with Gasteiger partial charge in [-0.15, -0.1) is 0 Å². The van der Waals surface area contributed by atoms with Crippen molar-refractivity contribution in [1.29, 1.82) is 0 Å². The highest BCUT2D eigenvalue weighted by atomic mass is 79.9. The normalized spacial score (nSPS) is 9.83. The van der Waals surface area contributed by atoms with Crippen molar-refractivity contribution < 1.29 is 4.79 Å². The van der Waals surface area contributed by atoms with Gasteiger partial charge in [-0.2, -0.15) is 0 Å². The smallest absolute Gasteiger partial charge is 0.178 e. The van der Waals surface area contributed by atoms with Gasteiger partial charge >= 0.3 is 0 Å². The number of rotatable bonds is 3. The molecule has 0 amide bonds. The van der Waals surface area contributed by atoms with Gasteiger partial charge in [0.15, 0.2) is 5.78 Å². The van der Waals surface area contributed by atoms with Crippen LogP contribution in [0, 0.1) is 0 Å². The monoisotopic (exact) mass is 228 g/mol. The third kappa shape index (κ3) is 2.39. The summed E-state index contributed by atoms with van der Waals surface area (Å²) >= 11 is 3.20. The Morgan fingerprint density at radius 2 is 2.42 bits per heavy atom. The summed E-state index contributed by atoms with van der Waals surface area (Å²) in [4.78, 5) is 15.2. The zero-order chi connectivity index (χ0) is 8.97. The van der Waals surface area contributed by atoms with E-state index in [-0.39, 0.29) is 5.78 Å². The average Bonchev–Trinajstić information content (AvgIpc) is 2.06. The second-order valence-corrected chi connectivity index (χ2v) is 3.14. The topological polar surface area (TPSA) is 42.0 Å². The molecule has 0 aromatic carbocycles. The molecule has 0 atom stereocenters. The SMILES string of the molecule is CNCC(=O)c1ccc(Br)nc1. The molecule has 64 valence electrons. The maximum absolute atomic E-state index is 11.2. The predicted octanol–water partition coefficient (Wildman–Crippen LogP) is 1.25. The largest absolute Gasteiger partial charge is 0.313 e. The number of nitrogens with one attached hydrogen (secondary N) is 1. The van der Waals surface area contributed by atoms with Crippen molar-refractivity contribution in [2.75, 3.05) is 13.6 Å². The summed E-state index contributed by atoms with van der Waals surface area (Å²) in [6, 6.07) is 3.50. The summed E-state index contributed by atoms with van der Waals surface area (Å²) < 4.78 is 0.739. The van der Waals surface area contributed by atoms with Crippen molar-refractivity contribution in [3.63, 3.8) is 0 Å². The van der Waals surface area contributed by atoms with Gasteiger partial charge in [-0.25, -0.2) is 4.98 Å². The standard InChI is InChI=1S/C8H9BrN2O/c1-10-5-7(12)6-2-3-8(9)11-4-6/h2-4,10H,5H2,1H3. The fourth-order valence-electron chi connectivity index (χ4n) is 0.803. The van der Waals surface area contributed by atoms with Crippen LogP contribution in [0.2, 0.25) is 0 Å². The first-order valence-corrected chi connectivity index (χ1v) is 4.32. The van der Waals surface area contributed by atoms with E-state index < -0.39 is 0 Å². The highest BCUT2D eigenvalue weighted by Gasteiger charge is 2.03. The number of pyridine rings is 1. The Labute approximate surface area is 79.3 Å². The molecule has 12 heavy (non-hydrogen) atoms. The quantitative estimate of drug-likeness (QED) is 0.626. The molecule has 0 aliphatic carbocycles. The van der Waals surface area contributed by atoms with Crippen molar-refractivity contribution >= 4 is 21.7 Å². The number of ketones is 1. The van der Waals surface area contributed by atoms with Crippen molar-refractivity contribution in [1.82, 2.24) is 10.3 Å². The molecule has 4 heteroatoms. The minimum Gasteiger partial charge on any atom is -0.313 e. The predicted molar refractivity (Wildman–Crippen MR) is 50.2 cm³/mol. The maximum Gasteiger partial charge on any atom is 0.178 e. The Hall–Kier alpha value is -0.740. The Kier molecular flexibility index (Phi) is 3.37. The van der Waals surface area contributed by atoms with E-state index in [9.17, 15) is 4.79 Å². The summed E-state index contributed by atoms with van der Waals surface area (Å²) in [6.07, 6.45) is 1.56. The number of carbonyl (C=O) groups is 1. The van der Waals surface area contributed by atoms with Crippen LogP contribution >= 0.6 is 15.9 Å². The highest BCUT2D eigenvalue weighted by Crippen LogP contribution is 2.06. The maximum atomic E-state index is 11.2. The number of nitrogens with zero attached hydrogens (tertiary/aromatic N) is 1. The number of halogens is 1. The van der Waals surface area contributed by atoms with Crippen LogP contribution in [0.1, 0.15) is 10.4 Å². The molecule has 1 rings (SSSR count). The van der Waals surface area contributed by atoms with Crippen LogP contribution in [0.5, 0.6) is 0 Å². The van der Waals surface area contributed by atoms with E-state index in [4.69, 9.17) is 0 Å². The van der Waals surface area contributed by atoms with Crippen molar-refractivity contribution in [2.45, 2.75) is 0 Å². The van der Waals surface area contributed by atoms with Crippen LogP contribution in [0.15, 0.2) is 22.9 Å². The van der Waals surface area contributed by atoms with Gasteiger partial charge in [-0.3, -0.25) is 4.79 Å². The fourth-order valence-corrected chi connectivity index (χ4v) is 1.04. The van der Waals surface area contributed by atoms with Crippen LogP contribution < -0.4 is 5.32 Å². The summed E-state index contributed by atoms with van der Waals surface area (Å²) in [5.74, 6) is 0.0532. The molecular weight excluding hydrogens is 220 g/mol. The summed E-state index contributed by atoms with van der Waals surface area (Å²) in [6.45, 7) is 0.351. The lowest BCUT2D eigenvalue weighted by molar-refractivity contribution is 0.0993. The molecule has 0 spiro atoms. The number of Topliss-reactive ketones (excluding diaryl/α,β-unsaturated/α-hetero) is 1. The van der Waals surface area contributed by atoms with E-state index in [1.165, 1.54) is 0 Å². The minimum atomic E-state index is 0.0532. The lowest BCUT2D eigenvalue weighted by Gasteiger charge is -1.98. The first-order chi connectivity index (χ1) is 5.74. The van der Waals surface area contributed by atoms with Crippen molar-refractivity contribution in [2.24, 2.45) is 0 Å². The zero-order valence-electron chi connectivity index (χ0n) is 6.67. The van der Waals surface area contributed by atoms with Crippen LogP contribution in [0.3, 0.4) is 0 Å². The molecule has 3 nitrogen and oxygen atoms in total. The molecule has 1 N–H and O–H groups in total. The number of hydrogen-bond donors (Lipinski definition) is 1. The fraction of sp³-hybridized carbons (Fsp3) is 0.250. The number of hydrogen-bond acceptors (Lipinski definition) is 3. The second kappa shape index (κ2) is 4.33. The second-order valence-electron chi connectivity index (χ2n) is 2.32. The van der Waals surface area contributed by atoms with Gasteiger partial charge in [-0.1, -0.05) is 0 Å². The zero-order valence-corrected chi connectivity index (χ0v) is 8.26. The van der Waals surface area contributed by atoms with Gasteiger partial charge in [0.2, 0.25) is 0 Å². The highest BCUT2D eigenvalue weighted by molar-refractivity contribution is 9.10. The molecule has 0 saturated carbocycles. The van der Waals surface area contributed by atoms with Gasteiger partial charge in [-0.05, 0) is 35.1 Å². The summed E-state index contributed by atoms with van der Waals surface area (Å²) in [7, 11) is 1.74. The molecule has 0 saturated heterocycles. The Morgan fingerprint density at radius 3 is 2.92 bits per heavy atom. The first kappa shape index (κ1) is 9.35. The molecule has 1 heterocycles. The van der Waals surface area contributed by atoms with E-state index in [0.717, 1.165) is 4.60 Å². The molecule has 0 unspecified atom stereocenters. The van der Waals surface area contributed by atoms with Crippen LogP contribution in [-0.2, 0) is 0 Å². The van der Waals surface area contributed by atoms with Crippen molar-refractivity contribution in [3.8, 4) is 0 Å². The lowest BCUT2D eigenvalue weighted by Crippen LogP contribution is -2.18. The average molecular weight is 229 g/mol. The van der Waals surface area contributed by atoms with E-state index >= 15 is 0 Å².